The molecule has 0 aliphatic rings. The quantitative estimate of drug-likeness (QED) is 0.326. The molecule has 6 heteroatoms. The fraction of sp³-hybridized carbons (Fsp3) is 0.400. The van der Waals surface area contributed by atoms with Crippen LogP contribution in [0.4, 0.5) is 11.4 Å². The second-order valence-corrected chi connectivity index (χ2v) is 6.87. The van der Waals surface area contributed by atoms with Crippen molar-refractivity contribution >= 4 is 30.9 Å². The molecule has 0 fully saturated rings. The molecule has 2 N–H and O–H groups in total. The van der Waals surface area contributed by atoms with E-state index in [-0.39, 0.29) is 9.76 Å². The second-order valence-electron chi connectivity index (χ2n) is 3.80. The van der Waals surface area contributed by atoms with Crippen LogP contribution in [-0.2, 0) is 4.12 Å². The van der Waals surface area contributed by atoms with Gasteiger partial charge in [-0.05, 0) is 24.3 Å². The zero-order valence-corrected chi connectivity index (χ0v) is 13.1. The molecule has 0 aliphatic carbocycles. The van der Waals surface area contributed by atoms with E-state index in [9.17, 15) is 0 Å². The van der Waals surface area contributed by atoms with Gasteiger partial charge in [0.25, 0.3) is 0 Å². The second kappa shape index (κ2) is 6.69. The molecular formula is C10H21N3OSi2. The summed E-state index contributed by atoms with van der Waals surface area (Å²) in [6, 6.07) is 8.25. The molecule has 0 heterocycles. The van der Waals surface area contributed by atoms with Crippen LogP contribution < -0.4 is 15.8 Å². The predicted octanol–water partition coefficient (Wildman–Crippen LogP) is -0.378. The largest absolute Gasteiger partial charge is 0.464 e. The SMILES string of the molecule is C[SiH2]O[SiH2]CN(N)c1ccc(N(C)C)cc1. The third kappa shape index (κ3) is 3.97. The summed E-state index contributed by atoms with van der Waals surface area (Å²) in [4.78, 5) is 2.07. The molecular weight excluding hydrogens is 234 g/mol. The van der Waals surface area contributed by atoms with Crippen molar-refractivity contribution in [1.29, 1.82) is 0 Å². The van der Waals surface area contributed by atoms with Crippen molar-refractivity contribution in [1.82, 2.24) is 0 Å². The first kappa shape index (κ1) is 13.2. The molecule has 0 bridgehead atoms. The Morgan fingerprint density at radius 1 is 1.19 bits per heavy atom. The molecule has 0 radical (unpaired) electrons. The van der Waals surface area contributed by atoms with Gasteiger partial charge in [0.15, 0.2) is 9.76 Å². The van der Waals surface area contributed by atoms with Crippen LogP contribution in [0.15, 0.2) is 24.3 Å². The van der Waals surface area contributed by atoms with Gasteiger partial charge in [0, 0.05) is 26.0 Å². The van der Waals surface area contributed by atoms with Crippen LogP contribution in [0.2, 0.25) is 6.55 Å². The van der Waals surface area contributed by atoms with Crippen LogP contribution in [0.1, 0.15) is 0 Å². The first-order valence-electron chi connectivity index (χ1n) is 5.52. The minimum absolute atomic E-state index is 0.253. The smallest absolute Gasteiger partial charge is 0.166 e. The normalized spacial score (nSPS) is 11.8. The minimum Gasteiger partial charge on any atom is -0.464 e. The fourth-order valence-corrected chi connectivity index (χ4v) is 3.50. The Kier molecular flexibility index (Phi) is 5.54. The molecule has 1 aromatic carbocycles. The molecule has 4 nitrogen and oxygen atoms in total. The maximum atomic E-state index is 5.95. The van der Waals surface area contributed by atoms with Crippen molar-refractivity contribution in [2.75, 3.05) is 30.2 Å². The molecule has 0 aliphatic heterocycles. The summed E-state index contributed by atoms with van der Waals surface area (Å²) in [7, 11) is 3.35. The van der Waals surface area contributed by atoms with Crippen molar-refractivity contribution in [3.05, 3.63) is 24.3 Å². The lowest BCUT2D eigenvalue weighted by Gasteiger charge is -2.20. The molecule has 0 atom stereocenters. The number of hydrogen-bond acceptors (Lipinski definition) is 4. The highest BCUT2D eigenvalue weighted by molar-refractivity contribution is 6.42. The maximum absolute atomic E-state index is 5.95. The lowest BCUT2D eigenvalue weighted by molar-refractivity contribution is 0.639. The van der Waals surface area contributed by atoms with E-state index < -0.39 is 9.76 Å². The lowest BCUT2D eigenvalue weighted by atomic mass is 10.2. The van der Waals surface area contributed by atoms with Gasteiger partial charge in [-0.1, -0.05) is 6.55 Å². The highest BCUT2D eigenvalue weighted by Crippen LogP contribution is 2.17. The first-order valence-corrected chi connectivity index (χ1v) is 9.09. The molecule has 1 rings (SSSR count). The molecule has 1 aromatic rings. The Balaban J connectivity index is 2.52. The molecule has 0 aromatic heterocycles. The number of nitrogens with two attached hydrogens (primary N) is 1. The van der Waals surface area contributed by atoms with Gasteiger partial charge in [0.2, 0.25) is 0 Å². The summed E-state index contributed by atoms with van der Waals surface area (Å²) in [6.07, 6.45) is 0.877. The number of anilines is 2. The highest BCUT2D eigenvalue weighted by atomic mass is 28.3. The van der Waals surface area contributed by atoms with Gasteiger partial charge in [-0.15, -0.1) is 0 Å². The monoisotopic (exact) mass is 255 g/mol. The van der Waals surface area contributed by atoms with Gasteiger partial charge < -0.3 is 14.0 Å². The van der Waals surface area contributed by atoms with Crippen LogP contribution in [-0.4, -0.2) is 39.8 Å². The van der Waals surface area contributed by atoms with Crippen molar-refractivity contribution < 1.29 is 4.12 Å². The zero-order chi connectivity index (χ0) is 12.0. The van der Waals surface area contributed by atoms with Gasteiger partial charge in [-0.2, -0.15) is 0 Å². The Labute approximate surface area is 102 Å². The number of nitrogens with zero attached hydrogens (tertiary/aromatic N) is 2. The van der Waals surface area contributed by atoms with Crippen molar-refractivity contribution in [3.8, 4) is 0 Å². The topological polar surface area (TPSA) is 41.7 Å². The van der Waals surface area contributed by atoms with Crippen LogP contribution in [0.5, 0.6) is 0 Å². The van der Waals surface area contributed by atoms with Gasteiger partial charge in [-0.25, -0.2) is 5.84 Å². The first-order chi connectivity index (χ1) is 7.65. The van der Waals surface area contributed by atoms with Crippen molar-refractivity contribution in [2.24, 2.45) is 5.84 Å². The summed E-state index contributed by atoms with van der Waals surface area (Å²) in [6.45, 7) is 2.15. The van der Waals surface area contributed by atoms with E-state index in [1.807, 2.05) is 26.2 Å². The minimum atomic E-state index is -0.453. The number of rotatable bonds is 6. The molecule has 16 heavy (non-hydrogen) atoms. The molecule has 0 spiro atoms. The Morgan fingerprint density at radius 2 is 1.75 bits per heavy atom. The van der Waals surface area contributed by atoms with E-state index in [1.54, 1.807) is 5.01 Å². The summed E-state index contributed by atoms with van der Waals surface area (Å²) in [5, 5.41) is 1.79. The predicted molar refractivity (Wildman–Crippen MR) is 76.3 cm³/mol. The van der Waals surface area contributed by atoms with Gasteiger partial charge in [-0.3, -0.25) is 0 Å². The van der Waals surface area contributed by atoms with Gasteiger partial charge in [0.1, 0.15) is 9.76 Å². The molecule has 90 valence electrons. The van der Waals surface area contributed by atoms with E-state index in [0.717, 1.165) is 11.9 Å². The van der Waals surface area contributed by atoms with E-state index >= 15 is 0 Å². The summed E-state index contributed by atoms with van der Waals surface area (Å²) in [5.74, 6) is 5.95. The Bertz CT molecular complexity index is 305. The Hall–Kier alpha value is -0.826. The lowest BCUT2D eigenvalue weighted by Crippen LogP contribution is -2.35. The van der Waals surface area contributed by atoms with Crippen molar-refractivity contribution in [2.45, 2.75) is 6.55 Å². The molecule has 0 amide bonds. The standard InChI is InChI=1S/C10H21N3OSi2/c1-12(2)9-4-6-10(7-5-9)13(11)8-16-14-15-3/h4-7H,8,11,15-16H2,1-3H3. The molecule has 0 saturated heterocycles. The summed E-state index contributed by atoms with van der Waals surface area (Å²) >= 11 is 0. The van der Waals surface area contributed by atoms with E-state index in [4.69, 9.17) is 9.96 Å². The number of hydrazine groups is 1. The van der Waals surface area contributed by atoms with Crippen molar-refractivity contribution in [3.63, 3.8) is 0 Å². The van der Waals surface area contributed by atoms with E-state index in [2.05, 4.69) is 23.6 Å². The summed E-state index contributed by atoms with van der Waals surface area (Å²) < 4.78 is 5.54. The zero-order valence-electron chi connectivity index (χ0n) is 10.3. The fourth-order valence-electron chi connectivity index (χ4n) is 1.38. The third-order valence-electron chi connectivity index (χ3n) is 2.38. The van der Waals surface area contributed by atoms with Crippen LogP contribution >= 0.6 is 0 Å². The van der Waals surface area contributed by atoms with Crippen LogP contribution in [0.25, 0.3) is 0 Å². The average Bonchev–Trinajstić information content (AvgIpc) is 2.29. The van der Waals surface area contributed by atoms with E-state index in [1.165, 1.54) is 5.69 Å². The average molecular weight is 255 g/mol. The summed E-state index contributed by atoms with van der Waals surface area (Å²) in [5.41, 5.74) is 2.24. The molecule has 0 unspecified atom stereocenters. The van der Waals surface area contributed by atoms with Crippen LogP contribution in [0, 0.1) is 0 Å². The van der Waals surface area contributed by atoms with Crippen LogP contribution in [0.3, 0.4) is 0 Å². The van der Waals surface area contributed by atoms with E-state index in [0.29, 0.717) is 0 Å². The number of hydrogen-bond donors (Lipinski definition) is 1. The number of benzene rings is 1. The molecule has 0 saturated carbocycles. The highest BCUT2D eigenvalue weighted by Gasteiger charge is 2.02. The van der Waals surface area contributed by atoms with Gasteiger partial charge >= 0.3 is 0 Å². The van der Waals surface area contributed by atoms with Gasteiger partial charge in [0.05, 0.1) is 5.69 Å². The maximum Gasteiger partial charge on any atom is 0.166 e. The third-order valence-corrected chi connectivity index (χ3v) is 5.83. The Morgan fingerprint density at radius 3 is 2.25 bits per heavy atom.